The predicted molar refractivity (Wildman–Crippen MR) is 33.2 cm³/mol. The zero-order valence-corrected chi connectivity index (χ0v) is 6.06. The van der Waals surface area contributed by atoms with Crippen LogP contribution in [0.5, 0.6) is 0 Å². The van der Waals surface area contributed by atoms with Crippen molar-refractivity contribution in [3.05, 3.63) is 12.7 Å². The Labute approximate surface area is 66.8 Å². The lowest BCUT2D eigenvalue weighted by atomic mass is 10.7. The van der Waals surface area contributed by atoms with E-state index in [1.165, 1.54) is 0 Å². The van der Waals surface area contributed by atoms with Crippen LogP contribution in [0.25, 0.3) is 0 Å². The van der Waals surface area contributed by atoms with E-state index in [9.17, 15) is 18.0 Å². The van der Waals surface area contributed by atoms with E-state index in [-0.39, 0.29) is 0 Å². The van der Waals surface area contributed by atoms with E-state index in [1.807, 2.05) is 0 Å². The molecule has 0 atom stereocenters. The SMILES string of the molecule is C=CC(=O)OCOCC(F)(F)F. The molecule has 0 fully saturated rings. The van der Waals surface area contributed by atoms with Crippen molar-refractivity contribution in [3.63, 3.8) is 0 Å². The predicted octanol–water partition coefficient (Wildman–Crippen LogP) is 1.25. The molecular weight excluding hydrogens is 177 g/mol. The van der Waals surface area contributed by atoms with E-state index in [1.54, 1.807) is 0 Å². The minimum absolute atomic E-state index is 0.718. The second-order valence-corrected chi connectivity index (χ2v) is 1.75. The van der Waals surface area contributed by atoms with Gasteiger partial charge in [-0.25, -0.2) is 4.79 Å². The first kappa shape index (κ1) is 11.0. The summed E-state index contributed by atoms with van der Waals surface area (Å²) in [5.41, 5.74) is 0. The van der Waals surface area contributed by atoms with Gasteiger partial charge in [-0.05, 0) is 0 Å². The monoisotopic (exact) mass is 184 g/mol. The lowest BCUT2D eigenvalue weighted by Gasteiger charge is -2.06. The smallest absolute Gasteiger partial charge is 0.411 e. The number of esters is 1. The van der Waals surface area contributed by atoms with E-state index >= 15 is 0 Å². The molecule has 70 valence electrons. The highest BCUT2D eigenvalue weighted by molar-refractivity contribution is 5.81. The first-order valence-electron chi connectivity index (χ1n) is 2.89. The maximum atomic E-state index is 11.4. The zero-order chi connectivity index (χ0) is 9.61. The molecular formula is C6H7F3O3. The van der Waals surface area contributed by atoms with E-state index in [2.05, 4.69) is 16.1 Å². The molecule has 0 rings (SSSR count). The van der Waals surface area contributed by atoms with Crippen LogP contribution in [0.2, 0.25) is 0 Å². The highest BCUT2D eigenvalue weighted by Gasteiger charge is 2.27. The van der Waals surface area contributed by atoms with Crippen LogP contribution in [0.1, 0.15) is 0 Å². The Bertz CT molecular complexity index is 164. The number of hydrogen-bond donors (Lipinski definition) is 0. The zero-order valence-electron chi connectivity index (χ0n) is 6.06. The highest BCUT2D eigenvalue weighted by atomic mass is 19.4. The number of carbonyl (C=O) groups is 1. The number of hydrogen-bond acceptors (Lipinski definition) is 3. The van der Waals surface area contributed by atoms with Crippen LogP contribution >= 0.6 is 0 Å². The molecule has 0 aliphatic carbocycles. The van der Waals surface area contributed by atoms with Crippen molar-refractivity contribution < 1.29 is 27.4 Å². The van der Waals surface area contributed by atoms with E-state index in [0.717, 1.165) is 6.08 Å². The minimum Gasteiger partial charge on any atom is -0.435 e. The van der Waals surface area contributed by atoms with Gasteiger partial charge in [-0.2, -0.15) is 13.2 Å². The summed E-state index contributed by atoms with van der Waals surface area (Å²) in [6.45, 7) is 0.885. The molecule has 0 N–H and O–H groups in total. The second-order valence-electron chi connectivity index (χ2n) is 1.75. The second kappa shape index (κ2) is 4.76. The van der Waals surface area contributed by atoms with Crippen LogP contribution in [0.15, 0.2) is 12.7 Å². The number of halogens is 3. The number of ether oxygens (including phenoxy) is 2. The maximum absolute atomic E-state index is 11.4. The summed E-state index contributed by atoms with van der Waals surface area (Å²) in [4.78, 5) is 10.2. The number of rotatable bonds is 4. The summed E-state index contributed by atoms with van der Waals surface area (Å²) in [7, 11) is 0. The molecule has 0 aliphatic heterocycles. The first-order valence-corrected chi connectivity index (χ1v) is 2.89. The van der Waals surface area contributed by atoms with Gasteiger partial charge in [0.25, 0.3) is 0 Å². The van der Waals surface area contributed by atoms with Crippen molar-refractivity contribution in [1.29, 1.82) is 0 Å². The van der Waals surface area contributed by atoms with Gasteiger partial charge in [-0.1, -0.05) is 6.58 Å². The van der Waals surface area contributed by atoms with Crippen LogP contribution < -0.4 is 0 Å². The van der Waals surface area contributed by atoms with Crippen LogP contribution in [0.3, 0.4) is 0 Å². The van der Waals surface area contributed by atoms with Gasteiger partial charge in [0.2, 0.25) is 0 Å². The van der Waals surface area contributed by atoms with Crippen molar-refractivity contribution in [3.8, 4) is 0 Å². The maximum Gasteiger partial charge on any atom is 0.411 e. The average molecular weight is 184 g/mol. The fraction of sp³-hybridized carbons (Fsp3) is 0.500. The van der Waals surface area contributed by atoms with Gasteiger partial charge in [0.05, 0.1) is 0 Å². The molecule has 0 aromatic rings. The number of carbonyl (C=O) groups excluding carboxylic acids is 1. The summed E-state index contributed by atoms with van der Waals surface area (Å²) in [5, 5.41) is 0. The van der Waals surface area contributed by atoms with Crippen molar-refractivity contribution in [2.45, 2.75) is 6.18 Å². The highest BCUT2D eigenvalue weighted by Crippen LogP contribution is 2.14. The standard InChI is InChI=1S/C6H7F3O3/c1-2-5(10)12-4-11-3-6(7,8)9/h2H,1,3-4H2. The normalized spacial score (nSPS) is 10.9. The summed E-state index contributed by atoms with van der Waals surface area (Å²) in [6.07, 6.45) is -3.57. The molecule has 0 bridgehead atoms. The first-order chi connectivity index (χ1) is 5.45. The van der Waals surface area contributed by atoms with Gasteiger partial charge in [-0.3, -0.25) is 0 Å². The van der Waals surface area contributed by atoms with Crippen molar-refractivity contribution >= 4 is 5.97 Å². The molecule has 6 heteroatoms. The summed E-state index contributed by atoms with van der Waals surface area (Å²) in [6, 6.07) is 0. The summed E-state index contributed by atoms with van der Waals surface area (Å²) >= 11 is 0. The molecule has 0 spiro atoms. The van der Waals surface area contributed by atoms with Crippen LogP contribution in [0, 0.1) is 0 Å². The molecule has 0 unspecified atom stereocenters. The summed E-state index contributed by atoms with van der Waals surface area (Å²) in [5.74, 6) is -0.822. The Morgan fingerprint density at radius 2 is 2.08 bits per heavy atom. The fourth-order valence-electron chi connectivity index (χ4n) is 0.316. The molecule has 0 aromatic carbocycles. The topological polar surface area (TPSA) is 35.5 Å². The average Bonchev–Trinajstić information content (AvgIpc) is 1.96. The molecule has 0 heterocycles. The Balaban J connectivity index is 3.34. The Hall–Kier alpha value is -1.04. The van der Waals surface area contributed by atoms with Crippen molar-refractivity contribution in [2.75, 3.05) is 13.4 Å². The minimum atomic E-state index is -4.40. The molecule has 0 saturated carbocycles. The third-order valence-electron chi connectivity index (χ3n) is 0.717. The van der Waals surface area contributed by atoms with E-state index in [0.29, 0.717) is 0 Å². The van der Waals surface area contributed by atoms with Crippen LogP contribution in [0.4, 0.5) is 13.2 Å². The van der Waals surface area contributed by atoms with Gasteiger partial charge in [0, 0.05) is 6.08 Å². The van der Waals surface area contributed by atoms with Crippen molar-refractivity contribution in [1.82, 2.24) is 0 Å². The van der Waals surface area contributed by atoms with E-state index in [4.69, 9.17) is 0 Å². The molecule has 0 saturated heterocycles. The molecule has 3 nitrogen and oxygen atoms in total. The quantitative estimate of drug-likeness (QED) is 0.285. The summed E-state index contributed by atoms with van der Waals surface area (Å²) < 4.78 is 42.2. The van der Waals surface area contributed by atoms with Gasteiger partial charge in [-0.15, -0.1) is 0 Å². The molecule has 12 heavy (non-hydrogen) atoms. The Morgan fingerprint density at radius 3 is 2.50 bits per heavy atom. The molecule has 0 radical (unpaired) electrons. The molecule has 0 aromatic heterocycles. The van der Waals surface area contributed by atoms with Gasteiger partial charge in [0.15, 0.2) is 6.79 Å². The third-order valence-corrected chi connectivity index (χ3v) is 0.717. The molecule has 0 amide bonds. The lowest BCUT2D eigenvalue weighted by molar-refractivity contribution is -0.198. The third kappa shape index (κ3) is 7.07. The Morgan fingerprint density at radius 1 is 1.50 bits per heavy atom. The van der Waals surface area contributed by atoms with Gasteiger partial charge in [0.1, 0.15) is 6.61 Å². The van der Waals surface area contributed by atoms with Crippen LogP contribution in [-0.2, 0) is 14.3 Å². The largest absolute Gasteiger partial charge is 0.435 e. The lowest BCUT2D eigenvalue weighted by Crippen LogP contribution is -2.19. The fourth-order valence-corrected chi connectivity index (χ4v) is 0.316. The van der Waals surface area contributed by atoms with Gasteiger partial charge < -0.3 is 9.47 Å². The number of alkyl halides is 3. The van der Waals surface area contributed by atoms with E-state index < -0.39 is 25.5 Å². The van der Waals surface area contributed by atoms with Gasteiger partial charge >= 0.3 is 12.1 Å². The van der Waals surface area contributed by atoms with Crippen molar-refractivity contribution in [2.24, 2.45) is 0 Å². The van der Waals surface area contributed by atoms with Crippen LogP contribution in [-0.4, -0.2) is 25.5 Å². The Kier molecular flexibility index (Phi) is 4.35. The molecule has 0 aliphatic rings.